The molecule has 0 saturated carbocycles. The van der Waals surface area contributed by atoms with Crippen molar-refractivity contribution >= 4 is 52.2 Å². The monoisotopic (exact) mass is 1200 g/mol. The minimum absolute atomic E-state index is 0.0918. The smallest absolute Gasteiger partial charge is 0.407 e. The standard InChI is InChI=1S/C55H86F2N8O19/c1-54(2,3)84-53(71)62-13-12-59-48(67)10-15-72-17-19-74-21-23-76-25-27-78-29-31-80-33-35-82-37-38-83-36-34-81-32-30-79-28-26-77-24-22-75-20-18-73-16-14-60-47(66)7-8-49(68)64-46-6-4-5-44-45(9-11-61-51(44)46)52(70)63-41-50(69)65-42-55(56,57)39-43(65)40-58/h4-6,9,11,43H,7-8,10,12-39,41-42H2,1-3H3,(H,59,67)(H,60,66)(H,62,71)(H,63,70)(H,64,68)/t43-/m0/s1. The van der Waals surface area contributed by atoms with Gasteiger partial charge >= 0.3 is 6.09 Å². The van der Waals surface area contributed by atoms with E-state index in [0.29, 0.717) is 157 Å². The van der Waals surface area contributed by atoms with Crippen LogP contribution in [-0.2, 0) is 80.8 Å². The molecule has 0 aliphatic carbocycles. The van der Waals surface area contributed by atoms with Gasteiger partial charge in [-0.15, -0.1) is 0 Å². The topological polar surface area (TPSA) is 322 Å². The van der Waals surface area contributed by atoms with Crippen LogP contribution < -0.4 is 26.6 Å². The van der Waals surface area contributed by atoms with Crippen LogP contribution in [0, 0.1) is 11.3 Å². The van der Waals surface area contributed by atoms with E-state index in [1.807, 2.05) is 0 Å². The second kappa shape index (κ2) is 44.6. The van der Waals surface area contributed by atoms with Gasteiger partial charge in [0.1, 0.15) is 11.6 Å². The number of carbonyl (C=O) groups excluding carboxylic acids is 6. The number of nitrogens with zero attached hydrogens (tertiary/aromatic N) is 3. The number of hydrogen-bond donors (Lipinski definition) is 5. The van der Waals surface area contributed by atoms with Crippen LogP contribution in [0.25, 0.3) is 10.9 Å². The zero-order valence-electron chi connectivity index (χ0n) is 48.7. The lowest BCUT2D eigenvalue weighted by molar-refractivity contribution is -0.131. The highest BCUT2D eigenvalue weighted by Crippen LogP contribution is 2.31. The molecule has 1 aromatic carbocycles. The maximum Gasteiger partial charge on any atom is 0.407 e. The number of likely N-dealkylation sites (tertiary alicyclic amines) is 1. The van der Waals surface area contributed by atoms with Gasteiger partial charge in [-0.25, -0.2) is 13.6 Å². The van der Waals surface area contributed by atoms with Crippen LogP contribution >= 0.6 is 0 Å². The second-order valence-corrected chi connectivity index (χ2v) is 19.2. The molecule has 0 unspecified atom stereocenters. The lowest BCUT2D eigenvalue weighted by Crippen LogP contribution is -2.43. The van der Waals surface area contributed by atoms with Gasteiger partial charge in [0, 0.05) is 56.9 Å². The number of amides is 6. The van der Waals surface area contributed by atoms with Crippen LogP contribution in [0.5, 0.6) is 0 Å². The van der Waals surface area contributed by atoms with Gasteiger partial charge < -0.3 is 93.1 Å². The number of nitrogens with one attached hydrogen (secondary N) is 5. The predicted octanol–water partition coefficient (Wildman–Crippen LogP) is 1.79. The predicted molar refractivity (Wildman–Crippen MR) is 297 cm³/mol. The molecule has 1 aliphatic heterocycles. The summed E-state index contributed by atoms with van der Waals surface area (Å²) in [7, 11) is 0. The van der Waals surface area contributed by atoms with Crippen LogP contribution in [0.2, 0.25) is 0 Å². The van der Waals surface area contributed by atoms with Crippen molar-refractivity contribution in [3.8, 4) is 6.07 Å². The summed E-state index contributed by atoms with van der Waals surface area (Å²) in [5, 5.41) is 22.6. The van der Waals surface area contributed by atoms with Crippen molar-refractivity contribution in [1.82, 2.24) is 31.2 Å². The Bertz CT molecular complexity index is 2240. The molecule has 474 valence electrons. The number of para-hydroxylation sites is 1. The summed E-state index contributed by atoms with van der Waals surface area (Å²) in [6.45, 7) is 14.2. The summed E-state index contributed by atoms with van der Waals surface area (Å²) >= 11 is 0. The summed E-state index contributed by atoms with van der Waals surface area (Å²) in [6, 6.07) is 6.58. The molecular formula is C55H86F2N8O19. The number of aromatic nitrogens is 1. The number of rotatable bonds is 49. The van der Waals surface area contributed by atoms with E-state index >= 15 is 0 Å². The van der Waals surface area contributed by atoms with Crippen molar-refractivity contribution in [3.63, 3.8) is 0 Å². The molecule has 84 heavy (non-hydrogen) atoms. The number of anilines is 1. The Morgan fingerprint density at radius 1 is 0.571 bits per heavy atom. The largest absolute Gasteiger partial charge is 0.444 e. The number of halogens is 2. The SMILES string of the molecule is CC(C)(C)OC(=O)NCCNC(=O)CCOCCOCCOCCOCCOCCOCCOCCOCCOCCOCCOCCOCCNC(=O)CCC(=O)Nc1cccc2c(C(=O)NCC(=O)N3CC(F)(F)C[C@H]3C#N)ccnc12. The molecular weight excluding hydrogens is 1110 g/mol. The Balaban J connectivity index is 0.982. The molecule has 0 bridgehead atoms. The Labute approximate surface area is 489 Å². The van der Waals surface area contributed by atoms with E-state index < -0.39 is 60.9 Å². The first kappa shape index (κ1) is 72.4. The normalized spacial score (nSPS) is 13.8. The van der Waals surface area contributed by atoms with E-state index in [1.54, 1.807) is 45.0 Å². The van der Waals surface area contributed by atoms with Gasteiger partial charge in [0.25, 0.3) is 11.8 Å². The lowest BCUT2D eigenvalue weighted by Gasteiger charge is -2.19. The quantitative estimate of drug-likeness (QED) is 0.0590. The lowest BCUT2D eigenvalue weighted by atomic mass is 10.1. The maximum absolute atomic E-state index is 13.8. The Morgan fingerprint density at radius 3 is 1.48 bits per heavy atom. The van der Waals surface area contributed by atoms with Gasteiger partial charge in [-0.1, -0.05) is 12.1 Å². The van der Waals surface area contributed by atoms with E-state index in [1.165, 1.54) is 12.3 Å². The van der Waals surface area contributed by atoms with Crippen LogP contribution in [-0.4, -0.2) is 254 Å². The fourth-order valence-corrected chi connectivity index (χ4v) is 7.27. The number of alkyl halides is 2. The van der Waals surface area contributed by atoms with Crippen molar-refractivity contribution < 1.29 is 99.1 Å². The molecule has 6 amide bonds. The highest BCUT2D eigenvalue weighted by molar-refractivity contribution is 6.10. The van der Waals surface area contributed by atoms with E-state index in [2.05, 4.69) is 31.6 Å². The highest BCUT2D eigenvalue weighted by atomic mass is 19.3. The number of ether oxygens (including phenoxy) is 13. The van der Waals surface area contributed by atoms with Crippen molar-refractivity contribution in [3.05, 3.63) is 36.0 Å². The van der Waals surface area contributed by atoms with E-state index in [-0.39, 0.29) is 74.1 Å². The molecule has 1 saturated heterocycles. The highest BCUT2D eigenvalue weighted by Gasteiger charge is 2.47. The minimum Gasteiger partial charge on any atom is -0.444 e. The van der Waals surface area contributed by atoms with Gasteiger partial charge in [0.15, 0.2) is 0 Å². The van der Waals surface area contributed by atoms with Gasteiger partial charge in [0.2, 0.25) is 23.6 Å². The van der Waals surface area contributed by atoms with Crippen molar-refractivity contribution in [2.75, 3.05) is 197 Å². The molecule has 0 spiro atoms. The number of alkyl carbamates (subject to hydrolysis) is 1. The Hall–Kier alpha value is -5.88. The zero-order chi connectivity index (χ0) is 60.9. The van der Waals surface area contributed by atoms with Crippen LogP contribution in [0.15, 0.2) is 30.5 Å². The van der Waals surface area contributed by atoms with E-state index in [4.69, 9.17) is 61.6 Å². The van der Waals surface area contributed by atoms with Crippen molar-refractivity contribution in [2.24, 2.45) is 0 Å². The summed E-state index contributed by atoms with van der Waals surface area (Å²) in [6.07, 6.45) is 0.0306. The average Bonchev–Trinajstić information content (AvgIpc) is 3.99. The summed E-state index contributed by atoms with van der Waals surface area (Å²) in [4.78, 5) is 79.1. The van der Waals surface area contributed by atoms with Crippen LogP contribution in [0.3, 0.4) is 0 Å². The molecule has 1 atom stereocenters. The Morgan fingerprint density at radius 2 is 1.00 bits per heavy atom. The minimum atomic E-state index is -3.19. The molecule has 2 heterocycles. The number of benzene rings is 1. The number of fused-ring (bicyclic) bond motifs is 1. The number of nitriles is 1. The summed E-state index contributed by atoms with van der Waals surface area (Å²) < 4.78 is 98.5. The fraction of sp³-hybridized carbons (Fsp3) is 0.709. The van der Waals surface area contributed by atoms with Gasteiger partial charge in [-0.05, 0) is 32.9 Å². The van der Waals surface area contributed by atoms with Crippen LogP contribution in [0.1, 0.15) is 56.8 Å². The first-order chi connectivity index (χ1) is 40.6. The van der Waals surface area contributed by atoms with E-state index in [9.17, 15) is 42.8 Å². The van der Waals surface area contributed by atoms with Gasteiger partial charge in [-0.2, -0.15) is 5.26 Å². The summed E-state index contributed by atoms with van der Waals surface area (Å²) in [5.41, 5.74) is 0.114. The van der Waals surface area contributed by atoms with Gasteiger partial charge in [-0.3, -0.25) is 29.0 Å². The second-order valence-electron chi connectivity index (χ2n) is 19.2. The molecule has 1 aromatic heterocycles. The fourth-order valence-electron chi connectivity index (χ4n) is 7.27. The van der Waals surface area contributed by atoms with E-state index in [0.717, 1.165) is 4.90 Å². The number of hydrogen-bond acceptors (Lipinski definition) is 21. The molecule has 29 heteroatoms. The zero-order valence-corrected chi connectivity index (χ0v) is 48.7. The van der Waals surface area contributed by atoms with Crippen LogP contribution in [0.4, 0.5) is 19.3 Å². The van der Waals surface area contributed by atoms with Gasteiger partial charge in [0.05, 0.1) is 194 Å². The van der Waals surface area contributed by atoms with Crippen molar-refractivity contribution in [2.45, 2.75) is 64.0 Å². The maximum atomic E-state index is 13.8. The third-order valence-corrected chi connectivity index (χ3v) is 11.3. The van der Waals surface area contributed by atoms with Crippen molar-refractivity contribution in [1.29, 1.82) is 5.26 Å². The first-order valence-corrected chi connectivity index (χ1v) is 28.0. The molecule has 27 nitrogen and oxygen atoms in total. The molecule has 3 rings (SSSR count). The molecule has 1 aliphatic rings. The third-order valence-electron chi connectivity index (χ3n) is 11.3. The Kier molecular flexibility index (Phi) is 38.4. The summed E-state index contributed by atoms with van der Waals surface area (Å²) in [5.74, 6) is -5.67. The average molecular weight is 1200 g/mol. The first-order valence-electron chi connectivity index (χ1n) is 28.0. The number of pyridine rings is 1. The third kappa shape index (κ3) is 35.4. The molecule has 5 N–H and O–H groups in total. The number of carbonyl (C=O) groups is 6. The molecule has 0 radical (unpaired) electrons. The molecule has 1 fully saturated rings. The molecule has 2 aromatic rings.